The van der Waals surface area contributed by atoms with Gasteiger partial charge in [-0.05, 0) is 54.0 Å². The quantitative estimate of drug-likeness (QED) is 0.778. The lowest BCUT2D eigenvalue weighted by molar-refractivity contribution is 0.0997. The Balaban J connectivity index is 1.94. The minimum atomic E-state index is 0.00192. The van der Waals surface area contributed by atoms with Crippen molar-refractivity contribution >= 4 is 11.3 Å². The fraction of sp³-hybridized carbons (Fsp3) is 0.667. The summed E-state index contributed by atoms with van der Waals surface area (Å²) in [4.78, 5) is 0. The van der Waals surface area contributed by atoms with Gasteiger partial charge in [-0.3, -0.25) is 0 Å². The van der Waals surface area contributed by atoms with E-state index in [1.807, 2.05) is 0 Å². The van der Waals surface area contributed by atoms with E-state index < -0.39 is 0 Å². The highest BCUT2D eigenvalue weighted by molar-refractivity contribution is 7.07. The molecule has 1 unspecified atom stereocenters. The molecule has 1 fully saturated rings. The molecule has 0 spiro atoms. The van der Waals surface area contributed by atoms with Gasteiger partial charge in [-0.1, -0.05) is 0 Å². The molecule has 1 aromatic rings. The van der Waals surface area contributed by atoms with E-state index in [2.05, 4.69) is 16.8 Å². The summed E-state index contributed by atoms with van der Waals surface area (Å²) < 4.78 is 0. The highest BCUT2D eigenvalue weighted by Crippen LogP contribution is 2.47. The van der Waals surface area contributed by atoms with Gasteiger partial charge in [-0.2, -0.15) is 11.3 Å². The molecule has 15 heavy (non-hydrogen) atoms. The highest BCUT2D eigenvalue weighted by Gasteiger charge is 2.43. The van der Waals surface area contributed by atoms with E-state index in [0.29, 0.717) is 12.5 Å². The second-order valence-corrected chi connectivity index (χ2v) is 5.41. The van der Waals surface area contributed by atoms with Crippen molar-refractivity contribution in [2.75, 3.05) is 13.2 Å². The molecule has 2 nitrogen and oxygen atoms in total. The number of aliphatic hydroxyl groups is 1. The van der Waals surface area contributed by atoms with Crippen LogP contribution < -0.4 is 5.73 Å². The van der Waals surface area contributed by atoms with Crippen LogP contribution >= 0.6 is 11.3 Å². The molecule has 0 radical (unpaired) electrons. The van der Waals surface area contributed by atoms with Crippen LogP contribution in [0.3, 0.4) is 0 Å². The van der Waals surface area contributed by atoms with Crippen LogP contribution in [0.25, 0.3) is 0 Å². The second kappa shape index (κ2) is 4.64. The van der Waals surface area contributed by atoms with Crippen LogP contribution in [0.15, 0.2) is 16.8 Å². The Bertz CT molecular complexity index is 289. The number of hydrogen-bond donors (Lipinski definition) is 2. The van der Waals surface area contributed by atoms with Crippen molar-refractivity contribution < 1.29 is 5.11 Å². The van der Waals surface area contributed by atoms with Crippen molar-refractivity contribution in [2.45, 2.75) is 25.7 Å². The van der Waals surface area contributed by atoms with Gasteiger partial charge in [0.05, 0.1) is 6.61 Å². The van der Waals surface area contributed by atoms with Gasteiger partial charge in [0.15, 0.2) is 0 Å². The molecule has 2 rings (SSSR count). The Morgan fingerprint density at radius 2 is 2.33 bits per heavy atom. The smallest absolute Gasteiger partial charge is 0.0502 e. The summed E-state index contributed by atoms with van der Waals surface area (Å²) in [5.74, 6) is 0.672. The van der Waals surface area contributed by atoms with Crippen molar-refractivity contribution in [3.8, 4) is 0 Å². The fourth-order valence-electron chi connectivity index (χ4n) is 2.27. The molecule has 1 aromatic heterocycles. The number of rotatable bonds is 6. The van der Waals surface area contributed by atoms with Crippen LogP contribution in [0, 0.1) is 11.3 Å². The summed E-state index contributed by atoms with van der Waals surface area (Å²) in [6.45, 7) is 0.872. The van der Waals surface area contributed by atoms with Crippen LogP contribution in [0.4, 0.5) is 0 Å². The second-order valence-electron chi connectivity index (χ2n) is 4.63. The van der Waals surface area contributed by atoms with Gasteiger partial charge in [0.1, 0.15) is 0 Å². The van der Waals surface area contributed by atoms with E-state index >= 15 is 0 Å². The maximum atomic E-state index is 9.54. The van der Waals surface area contributed by atoms with Crippen molar-refractivity contribution in [3.05, 3.63) is 22.4 Å². The van der Waals surface area contributed by atoms with E-state index in [0.717, 1.165) is 12.8 Å². The Morgan fingerprint density at radius 1 is 1.53 bits per heavy atom. The molecule has 0 aliphatic heterocycles. The average molecular weight is 225 g/mol. The minimum absolute atomic E-state index is 0.00192. The van der Waals surface area contributed by atoms with Crippen molar-refractivity contribution in [3.63, 3.8) is 0 Å². The van der Waals surface area contributed by atoms with Gasteiger partial charge in [0.2, 0.25) is 0 Å². The minimum Gasteiger partial charge on any atom is -0.396 e. The zero-order valence-electron chi connectivity index (χ0n) is 8.98. The van der Waals surface area contributed by atoms with Crippen LogP contribution in [0.1, 0.15) is 24.8 Å². The van der Waals surface area contributed by atoms with Crippen LogP contribution in [-0.4, -0.2) is 18.3 Å². The summed E-state index contributed by atoms with van der Waals surface area (Å²) in [5.41, 5.74) is 7.22. The van der Waals surface area contributed by atoms with Crippen molar-refractivity contribution in [2.24, 2.45) is 17.1 Å². The standard InChI is InChI=1S/C12H19NOS/c13-8-12(9-14,11-1-2-11)5-3-10-4-6-15-7-10/h4,6-7,11,14H,1-3,5,8-9,13H2. The Labute approximate surface area is 95.1 Å². The Morgan fingerprint density at radius 3 is 2.80 bits per heavy atom. The predicted octanol–water partition coefficient (Wildman–Crippen LogP) is 2.03. The summed E-state index contributed by atoms with van der Waals surface area (Å²) in [6, 6.07) is 2.16. The molecule has 0 amide bonds. The first-order chi connectivity index (χ1) is 7.30. The lowest BCUT2D eigenvalue weighted by Crippen LogP contribution is -2.37. The van der Waals surface area contributed by atoms with Gasteiger partial charge < -0.3 is 10.8 Å². The van der Waals surface area contributed by atoms with E-state index in [-0.39, 0.29) is 12.0 Å². The zero-order chi connectivity index (χ0) is 10.7. The SMILES string of the molecule is NCC(CO)(CCc1ccsc1)C1CC1. The molecule has 3 heteroatoms. The molecular formula is C12H19NOS. The van der Waals surface area contributed by atoms with E-state index in [1.54, 1.807) is 11.3 Å². The van der Waals surface area contributed by atoms with Gasteiger partial charge in [-0.25, -0.2) is 0 Å². The number of thiophene rings is 1. The topological polar surface area (TPSA) is 46.2 Å². The maximum absolute atomic E-state index is 9.54. The summed E-state index contributed by atoms with van der Waals surface area (Å²) in [7, 11) is 0. The van der Waals surface area contributed by atoms with E-state index in [1.165, 1.54) is 18.4 Å². The van der Waals surface area contributed by atoms with Gasteiger partial charge in [0.25, 0.3) is 0 Å². The third-order valence-corrected chi connectivity index (χ3v) is 4.39. The average Bonchev–Trinajstić information content (AvgIpc) is 2.99. The van der Waals surface area contributed by atoms with Crippen LogP contribution in [-0.2, 0) is 6.42 Å². The van der Waals surface area contributed by atoms with Crippen LogP contribution in [0.5, 0.6) is 0 Å². The molecule has 84 valence electrons. The lowest BCUT2D eigenvalue weighted by Gasteiger charge is -2.30. The third kappa shape index (κ3) is 2.41. The molecule has 1 aliphatic carbocycles. The molecule has 0 bridgehead atoms. The van der Waals surface area contributed by atoms with Crippen LogP contribution in [0.2, 0.25) is 0 Å². The third-order valence-electron chi connectivity index (χ3n) is 3.66. The molecule has 1 aliphatic rings. The molecule has 0 aromatic carbocycles. The molecule has 1 heterocycles. The number of aliphatic hydroxyl groups excluding tert-OH is 1. The fourth-order valence-corrected chi connectivity index (χ4v) is 2.97. The lowest BCUT2D eigenvalue weighted by atomic mass is 9.78. The normalized spacial score (nSPS) is 20.1. The molecule has 3 N–H and O–H groups in total. The molecular weight excluding hydrogens is 206 g/mol. The first kappa shape index (κ1) is 11.1. The summed E-state index contributed by atoms with van der Waals surface area (Å²) in [5, 5.41) is 13.8. The Kier molecular flexibility index (Phi) is 3.44. The zero-order valence-corrected chi connectivity index (χ0v) is 9.80. The van der Waals surface area contributed by atoms with Gasteiger partial charge in [-0.15, -0.1) is 0 Å². The number of hydrogen-bond acceptors (Lipinski definition) is 3. The predicted molar refractivity (Wildman–Crippen MR) is 63.9 cm³/mol. The molecule has 0 saturated heterocycles. The monoisotopic (exact) mass is 225 g/mol. The van der Waals surface area contributed by atoms with Gasteiger partial charge >= 0.3 is 0 Å². The Hall–Kier alpha value is -0.380. The molecule has 1 atom stereocenters. The van der Waals surface area contributed by atoms with E-state index in [4.69, 9.17) is 5.73 Å². The maximum Gasteiger partial charge on any atom is 0.0502 e. The van der Waals surface area contributed by atoms with Gasteiger partial charge in [0, 0.05) is 12.0 Å². The highest BCUT2D eigenvalue weighted by atomic mass is 32.1. The number of nitrogens with two attached hydrogens (primary N) is 1. The van der Waals surface area contributed by atoms with E-state index in [9.17, 15) is 5.11 Å². The van der Waals surface area contributed by atoms with Crippen molar-refractivity contribution in [1.82, 2.24) is 0 Å². The largest absolute Gasteiger partial charge is 0.396 e. The summed E-state index contributed by atoms with van der Waals surface area (Å²) in [6.07, 6.45) is 4.59. The summed E-state index contributed by atoms with van der Waals surface area (Å²) >= 11 is 1.74. The first-order valence-corrected chi connectivity index (χ1v) is 6.57. The number of aryl methyl sites for hydroxylation is 1. The molecule has 1 saturated carbocycles. The van der Waals surface area contributed by atoms with Crippen molar-refractivity contribution in [1.29, 1.82) is 0 Å². The first-order valence-electron chi connectivity index (χ1n) is 5.63.